The third-order valence-corrected chi connectivity index (χ3v) is 15.0. The van der Waals surface area contributed by atoms with Crippen molar-refractivity contribution in [3.8, 4) is 0 Å². The highest BCUT2D eigenvalue weighted by molar-refractivity contribution is 6.26. The molecule has 26 nitrogen and oxygen atoms in total. The van der Waals surface area contributed by atoms with E-state index in [-0.39, 0.29) is 70.0 Å². The monoisotopic (exact) mass is 1270 g/mol. The highest BCUT2D eigenvalue weighted by atomic mass is 16.2. The number of fused-ring (bicyclic) bond motifs is 1. The van der Waals surface area contributed by atoms with Gasteiger partial charge in [-0.2, -0.15) is 5.10 Å². The molecule has 0 bridgehead atoms. The first-order valence-electron chi connectivity index (χ1n) is 32.3. The number of amides is 9. The van der Waals surface area contributed by atoms with Gasteiger partial charge in [-0.3, -0.25) is 48.1 Å². The number of H-pyrrole nitrogens is 2. The maximum Gasteiger partial charge on any atom is 0.264 e. The van der Waals surface area contributed by atoms with Crippen molar-refractivity contribution in [2.24, 2.45) is 27.3 Å². The normalized spacial score (nSPS) is 13.3. The van der Waals surface area contributed by atoms with E-state index in [1.54, 1.807) is 36.5 Å². The van der Waals surface area contributed by atoms with E-state index in [0.29, 0.717) is 43.5 Å². The second kappa shape index (κ2) is 44.2. The van der Waals surface area contributed by atoms with Crippen molar-refractivity contribution in [3.05, 3.63) is 114 Å². The van der Waals surface area contributed by atoms with Crippen LogP contribution in [0.25, 0.3) is 10.9 Å². The predicted octanol–water partition coefficient (Wildman–Crippen LogP) is 3.59. The Morgan fingerprint density at radius 1 is 0.576 bits per heavy atom. The minimum Gasteiger partial charge on any atom is -0.370 e. The molecule has 2 heterocycles. The van der Waals surface area contributed by atoms with E-state index >= 15 is 0 Å². The van der Waals surface area contributed by atoms with Crippen LogP contribution < -0.4 is 65.2 Å². The molecule has 0 aliphatic rings. The molecule has 2 aromatic heterocycles. The fourth-order valence-corrected chi connectivity index (χ4v) is 9.80. The van der Waals surface area contributed by atoms with Gasteiger partial charge in [-0.1, -0.05) is 132 Å². The van der Waals surface area contributed by atoms with Crippen molar-refractivity contribution in [3.63, 3.8) is 0 Å². The van der Waals surface area contributed by atoms with Gasteiger partial charge in [0, 0.05) is 74.3 Å². The van der Waals surface area contributed by atoms with Gasteiger partial charge in [-0.25, -0.2) is 4.98 Å². The van der Waals surface area contributed by atoms with Gasteiger partial charge in [-0.05, 0) is 88.3 Å². The number of hydrazone groups is 1. The summed E-state index contributed by atoms with van der Waals surface area (Å²) in [5, 5.41) is 26.4. The van der Waals surface area contributed by atoms with Crippen LogP contribution in [0.15, 0.2) is 108 Å². The van der Waals surface area contributed by atoms with E-state index in [4.69, 9.17) is 17.2 Å². The van der Waals surface area contributed by atoms with Gasteiger partial charge in [0.05, 0.1) is 6.33 Å². The summed E-state index contributed by atoms with van der Waals surface area (Å²) in [6.45, 7) is 5.93. The number of nitrogens with two attached hydrogens (primary N) is 3. The Labute approximate surface area is 540 Å². The molecule has 0 fully saturated rings. The van der Waals surface area contributed by atoms with Crippen LogP contribution in [0, 0.1) is 0 Å². The first-order valence-corrected chi connectivity index (χ1v) is 32.3. The molecule has 4 rings (SSSR count). The van der Waals surface area contributed by atoms with Crippen molar-refractivity contribution < 1.29 is 43.2 Å². The molecule has 0 radical (unpaired) electrons. The third kappa shape index (κ3) is 30.9. The third-order valence-electron chi connectivity index (χ3n) is 15.0. The molecule has 26 heteroatoms. The van der Waals surface area contributed by atoms with Crippen LogP contribution in [-0.4, -0.2) is 143 Å². The van der Waals surface area contributed by atoms with Gasteiger partial charge < -0.3 is 75.1 Å². The number of nitrogens with one attached hydrogen (secondary N) is 11. The quantitative estimate of drug-likeness (QED) is 0.00990. The van der Waals surface area contributed by atoms with Crippen LogP contribution in [-0.2, 0) is 62.4 Å². The number of carbonyl (C=O) groups is 9. The highest BCUT2D eigenvalue weighted by Crippen LogP contribution is 2.20. The predicted molar refractivity (Wildman–Crippen MR) is 357 cm³/mol. The number of nitrogens with zero attached hydrogens (tertiary/aromatic N) is 3. The van der Waals surface area contributed by atoms with Gasteiger partial charge in [0.1, 0.15) is 49.0 Å². The number of rotatable bonds is 47. The molecule has 17 N–H and O–H groups in total. The maximum absolute atomic E-state index is 14.5. The Morgan fingerprint density at radius 3 is 1.89 bits per heavy atom. The van der Waals surface area contributed by atoms with Gasteiger partial charge in [0.15, 0.2) is 5.96 Å². The molecule has 4 aromatic rings. The number of allylic oxidation sites excluding steroid dienone is 4. The lowest BCUT2D eigenvalue weighted by atomic mass is 10.0. The number of guanidine groups is 1. The number of hydrogen-bond acceptors (Lipinski definition) is 13. The van der Waals surface area contributed by atoms with Crippen LogP contribution in [0.4, 0.5) is 0 Å². The molecule has 0 aliphatic carbocycles. The van der Waals surface area contributed by atoms with Gasteiger partial charge in [-0.15, -0.1) is 0 Å². The summed E-state index contributed by atoms with van der Waals surface area (Å²) in [5.41, 5.74) is 22.1. The van der Waals surface area contributed by atoms with Crippen LogP contribution in [0.1, 0.15) is 153 Å². The molecule has 0 spiro atoms. The number of carbonyl (C=O) groups excluding carboxylic acids is 9. The van der Waals surface area contributed by atoms with Gasteiger partial charge >= 0.3 is 0 Å². The van der Waals surface area contributed by atoms with Crippen LogP contribution in [0.3, 0.4) is 0 Å². The summed E-state index contributed by atoms with van der Waals surface area (Å²) in [4.78, 5) is 136. The van der Waals surface area contributed by atoms with E-state index in [2.05, 4.69) is 104 Å². The molecule has 0 saturated heterocycles. The Hall–Kier alpha value is -9.36. The van der Waals surface area contributed by atoms with E-state index < -0.39 is 83.5 Å². The second-order valence-electron chi connectivity index (χ2n) is 22.7. The Morgan fingerprint density at radius 2 is 1.18 bits per heavy atom. The number of imidazole rings is 1. The molecule has 502 valence electrons. The Balaban J connectivity index is 1.28. The number of aliphatic imine (C=N–C) groups is 1. The number of unbranched alkanes of at least 4 members (excludes halogenated alkanes) is 9. The topological polar surface area (TPSA) is 409 Å². The van der Waals surface area contributed by atoms with Crippen LogP contribution >= 0.6 is 0 Å². The zero-order valence-electron chi connectivity index (χ0n) is 53.7. The first kappa shape index (κ1) is 75.1. The van der Waals surface area contributed by atoms with Crippen LogP contribution in [0.5, 0.6) is 0 Å². The lowest BCUT2D eigenvalue weighted by molar-refractivity contribution is -0.135. The van der Waals surface area contributed by atoms with Crippen molar-refractivity contribution in [1.82, 2.24) is 62.9 Å². The number of aromatic amines is 2. The fraction of sp³-hybridized carbons (Fsp3) is 0.515. The number of para-hydroxylation sites is 1. The van der Waals surface area contributed by atoms with Crippen molar-refractivity contribution in [2.45, 2.75) is 192 Å². The minimum atomic E-state index is -1.36. The number of hydrogen-bond donors (Lipinski definition) is 14. The van der Waals surface area contributed by atoms with E-state index in [9.17, 15) is 43.2 Å². The van der Waals surface area contributed by atoms with E-state index in [1.165, 1.54) is 38.7 Å². The molecule has 0 saturated carbocycles. The second-order valence-corrected chi connectivity index (χ2v) is 22.7. The smallest absolute Gasteiger partial charge is 0.264 e. The van der Waals surface area contributed by atoms with Crippen molar-refractivity contribution in [2.75, 3.05) is 26.2 Å². The molecule has 0 aliphatic heterocycles. The summed E-state index contributed by atoms with van der Waals surface area (Å²) in [6, 6.07) is 8.71. The SMILES string of the molecule is CCCCC/C=C\C/C=C\CCCCCCCC(=O)NCCCNC(=O)/C=N/NCC(=O)N[C@@H](CCCC)C(=O)N[C@@H](C)C(=O)N[C@@H](Cc1cnc[nH]1)C(=O)N[C@H](Cc1ccccc1)C(=O)N[C@@H](CCCN=C(N)N)C(=O)N[C@@H](Cc1c[nH]c2ccccc12)C(N)=O. The van der Waals surface area contributed by atoms with Crippen LogP contribution in [0.2, 0.25) is 0 Å². The number of benzene rings is 2. The van der Waals surface area contributed by atoms with E-state index in [1.807, 2.05) is 31.2 Å². The van der Waals surface area contributed by atoms with Crippen molar-refractivity contribution in [1.29, 1.82) is 0 Å². The van der Waals surface area contributed by atoms with Crippen molar-refractivity contribution >= 4 is 76.2 Å². The maximum atomic E-state index is 14.5. The zero-order chi connectivity index (χ0) is 66.7. The Kier molecular flexibility index (Phi) is 36.1. The molecular formula is C66H99N17O9. The highest BCUT2D eigenvalue weighted by Gasteiger charge is 2.33. The summed E-state index contributed by atoms with van der Waals surface area (Å²) < 4.78 is 0. The molecule has 0 unspecified atom stereocenters. The summed E-state index contributed by atoms with van der Waals surface area (Å²) in [6.07, 6.45) is 29.2. The zero-order valence-corrected chi connectivity index (χ0v) is 53.7. The lowest BCUT2D eigenvalue weighted by Gasteiger charge is -2.27. The summed E-state index contributed by atoms with van der Waals surface area (Å²) in [5.74, 6) is -5.92. The van der Waals surface area contributed by atoms with E-state index in [0.717, 1.165) is 74.0 Å². The average Bonchev–Trinajstić information content (AvgIpc) is 1.81. The molecule has 9 amide bonds. The molecule has 2 aromatic carbocycles. The first-order chi connectivity index (χ1) is 44.5. The van der Waals surface area contributed by atoms with Gasteiger partial charge in [0.25, 0.3) is 5.91 Å². The standard InChI is InChI=1S/C66H99N17O9/c1-4-6-8-9-10-11-12-13-14-15-16-17-18-19-23-34-57(84)71-36-27-37-72-58(85)43-76-77-44-59(86)79-52(31-7-5-2)62(89)78-46(3)61(88)82-56(40-49-42-70-45-75-49)65(92)83-55(38-47-28-21-20-22-29-47)64(91)80-53(33-26-35-73-66(68)69)63(90)81-54(60(67)87)39-48-41-74-51-32-25-24-30-50(48)51/h10-11,13-14,20-22,24-25,28-30,32,41-43,45-46,52-56,74,77H,4-9,12,15-19,23,26-27,31,33-40,44H2,1-3H3,(H2,67,87)(H,70,75)(H,71,84)(H,72,85)(H,78,89)(H,79,86)(H,80,91)(H,81,90)(H,82,88)(H,83,92)(H4,68,69,73)/b11-10-,14-13-,76-43+/t46-,52-,53-,54-,55+,56-/m0/s1. The molecule has 6 atom stereocenters. The fourth-order valence-electron chi connectivity index (χ4n) is 9.80. The molecule has 92 heavy (non-hydrogen) atoms. The summed E-state index contributed by atoms with van der Waals surface area (Å²) in [7, 11) is 0. The largest absolute Gasteiger partial charge is 0.370 e. The molecular weight excluding hydrogens is 1170 g/mol. The average molecular weight is 1270 g/mol. The van der Waals surface area contributed by atoms with Gasteiger partial charge in [0.2, 0.25) is 47.3 Å². The number of aromatic nitrogens is 3. The summed E-state index contributed by atoms with van der Waals surface area (Å²) >= 11 is 0. The minimum absolute atomic E-state index is 0.000983. The Bertz CT molecular complexity index is 3020. The number of primary amides is 1. The lowest BCUT2D eigenvalue weighted by Crippen LogP contribution is -2.60.